The van der Waals surface area contributed by atoms with E-state index in [0.29, 0.717) is 26.2 Å². The second-order valence-corrected chi connectivity index (χ2v) is 11.7. The number of amides is 2. The number of carbonyl (C=O) groups excluding carboxylic acids is 2. The number of benzene rings is 1. The summed E-state index contributed by atoms with van der Waals surface area (Å²) >= 11 is 0. The van der Waals surface area contributed by atoms with Crippen LogP contribution in [0.25, 0.3) is 0 Å². The van der Waals surface area contributed by atoms with Gasteiger partial charge in [-0.3, -0.25) is 14.5 Å². The van der Waals surface area contributed by atoms with E-state index in [1.807, 2.05) is 40.1 Å². The molecule has 4 rings (SSSR count). The zero-order chi connectivity index (χ0) is 22.6. The molecular weight excluding hydrogens is 426 g/mol. The summed E-state index contributed by atoms with van der Waals surface area (Å²) in [6.07, 6.45) is 7.03. The molecule has 0 aromatic heterocycles. The van der Waals surface area contributed by atoms with Gasteiger partial charge < -0.3 is 10.2 Å². The second-order valence-electron chi connectivity index (χ2n) is 9.44. The maximum atomic E-state index is 13.6. The highest BCUT2D eigenvalue weighted by Crippen LogP contribution is 2.28. The van der Waals surface area contributed by atoms with Gasteiger partial charge >= 0.3 is 0 Å². The fourth-order valence-corrected chi connectivity index (χ4v) is 6.46. The number of nitrogens with zero attached hydrogens (tertiary/aromatic N) is 2. The summed E-state index contributed by atoms with van der Waals surface area (Å²) in [6, 6.07) is 9.33. The molecule has 1 N–H and O–H groups in total. The minimum Gasteiger partial charge on any atom is -0.353 e. The third-order valence-corrected chi connectivity index (χ3v) is 8.83. The van der Waals surface area contributed by atoms with Crippen LogP contribution in [-0.4, -0.2) is 73.8 Å². The summed E-state index contributed by atoms with van der Waals surface area (Å²) in [5, 5.41) is 3.23. The van der Waals surface area contributed by atoms with Gasteiger partial charge in [-0.1, -0.05) is 49.6 Å². The maximum absolute atomic E-state index is 13.6. The quantitative estimate of drug-likeness (QED) is 0.726. The molecule has 2 saturated heterocycles. The van der Waals surface area contributed by atoms with Gasteiger partial charge in [-0.2, -0.15) is 0 Å². The van der Waals surface area contributed by atoms with Crippen LogP contribution in [0.3, 0.4) is 0 Å². The van der Waals surface area contributed by atoms with E-state index in [0.717, 1.165) is 44.1 Å². The molecule has 3 fully saturated rings. The number of rotatable bonds is 5. The predicted octanol–water partition coefficient (Wildman–Crippen LogP) is 2.15. The normalized spacial score (nSPS) is 24.1. The van der Waals surface area contributed by atoms with Gasteiger partial charge in [0.1, 0.15) is 6.04 Å². The predicted molar refractivity (Wildman–Crippen MR) is 124 cm³/mol. The van der Waals surface area contributed by atoms with Crippen molar-refractivity contribution in [1.82, 2.24) is 15.1 Å². The maximum Gasteiger partial charge on any atom is 0.244 e. The molecule has 7 nitrogen and oxygen atoms in total. The molecule has 8 heteroatoms. The lowest BCUT2D eigenvalue weighted by Gasteiger charge is -2.39. The average molecular weight is 462 g/mol. The van der Waals surface area contributed by atoms with Crippen molar-refractivity contribution >= 4 is 21.7 Å². The van der Waals surface area contributed by atoms with Gasteiger partial charge in [0.25, 0.3) is 0 Å². The summed E-state index contributed by atoms with van der Waals surface area (Å²) in [5.74, 6) is 0.567. The number of sulfone groups is 1. The number of likely N-dealkylation sites (tertiary alicyclic amines) is 1. The topological polar surface area (TPSA) is 86.8 Å². The van der Waals surface area contributed by atoms with Gasteiger partial charge in [-0.15, -0.1) is 0 Å². The van der Waals surface area contributed by atoms with Crippen molar-refractivity contribution in [1.29, 1.82) is 0 Å². The lowest BCUT2D eigenvalue weighted by Crippen LogP contribution is -2.52. The summed E-state index contributed by atoms with van der Waals surface area (Å²) < 4.78 is 23.8. The van der Waals surface area contributed by atoms with Crippen molar-refractivity contribution < 1.29 is 18.0 Å². The van der Waals surface area contributed by atoms with Crippen LogP contribution in [0, 0.1) is 5.92 Å². The summed E-state index contributed by atoms with van der Waals surface area (Å²) in [5.41, 5.74) is 0.907. The van der Waals surface area contributed by atoms with Crippen LogP contribution in [0.4, 0.5) is 0 Å². The van der Waals surface area contributed by atoms with Crippen LogP contribution in [0.5, 0.6) is 0 Å². The van der Waals surface area contributed by atoms with Crippen LogP contribution < -0.4 is 5.32 Å². The molecule has 1 atom stereocenters. The van der Waals surface area contributed by atoms with E-state index >= 15 is 0 Å². The minimum absolute atomic E-state index is 0.0348. The lowest BCUT2D eigenvalue weighted by molar-refractivity contribution is -0.138. The Morgan fingerprint density at radius 1 is 0.875 bits per heavy atom. The van der Waals surface area contributed by atoms with Gasteiger partial charge in [-0.25, -0.2) is 8.42 Å². The van der Waals surface area contributed by atoms with Crippen molar-refractivity contribution in [3.63, 3.8) is 0 Å². The Morgan fingerprint density at radius 2 is 1.50 bits per heavy atom. The van der Waals surface area contributed by atoms with E-state index in [2.05, 4.69) is 5.32 Å². The summed E-state index contributed by atoms with van der Waals surface area (Å²) in [7, 11) is -3.02. The van der Waals surface area contributed by atoms with E-state index in [-0.39, 0.29) is 35.3 Å². The first-order valence-electron chi connectivity index (χ1n) is 12.0. The molecule has 1 aliphatic carbocycles. The number of nitrogens with one attached hydrogen (secondary N) is 1. The molecule has 0 bridgehead atoms. The van der Waals surface area contributed by atoms with E-state index < -0.39 is 15.9 Å². The van der Waals surface area contributed by atoms with Gasteiger partial charge in [0.15, 0.2) is 9.84 Å². The molecule has 0 spiro atoms. The molecule has 1 aromatic rings. The molecule has 176 valence electrons. The molecule has 3 aliphatic rings. The fourth-order valence-electron chi connectivity index (χ4n) is 5.23. The Balaban J connectivity index is 1.37. The zero-order valence-electron chi connectivity index (χ0n) is 18.7. The number of hydrogen-bond donors (Lipinski definition) is 1. The Hall–Kier alpha value is -1.93. The minimum atomic E-state index is -3.02. The standard InChI is InChI=1S/C24H35N3O4S/c28-23(20-9-5-2-6-10-20)25-21-11-13-27(14-12-21)24(29)22(19-7-3-1-4-8-19)26-15-17-32(30,31)18-16-26/h1,3-4,7-8,20-22H,2,5-6,9-18H2,(H,25,28). The van der Waals surface area contributed by atoms with Crippen LogP contribution in [-0.2, 0) is 19.4 Å². The Bertz CT molecular complexity index is 877. The van der Waals surface area contributed by atoms with Crippen molar-refractivity contribution in [2.45, 2.75) is 57.0 Å². The average Bonchev–Trinajstić information content (AvgIpc) is 2.82. The number of piperidine rings is 1. The van der Waals surface area contributed by atoms with Crippen LogP contribution in [0.2, 0.25) is 0 Å². The van der Waals surface area contributed by atoms with Crippen molar-refractivity contribution in [2.24, 2.45) is 5.92 Å². The van der Waals surface area contributed by atoms with E-state index in [9.17, 15) is 18.0 Å². The largest absolute Gasteiger partial charge is 0.353 e. The fraction of sp³-hybridized carbons (Fsp3) is 0.667. The van der Waals surface area contributed by atoms with E-state index in [1.165, 1.54) is 6.42 Å². The monoisotopic (exact) mass is 461 g/mol. The zero-order valence-corrected chi connectivity index (χ0v) is 19.6. The second kappa shape index (κ2) is 10.3. The van der Waals surface area contributed by atoms with E-state index in [4.69, 9.17) is 0 Å². The first kappa shape index (κ1) is 23.2. The Kier molecular flexibility index (Phi) is 7.51. The molecule has 2 amide bonds. The molecule has 1 unspecified atom stereocenters. The Morgan fingerprint density at radius 3 is 2.12 bits per heavy atom. The molecular formula is C24H35N3O4S. The van der Waals surface area contributed by atoms with Crippen molar-refractivity contribution in [3.05, 3.63) is 35.9 Å². The highest BCUT2D eigenvalue weighted by molar-refractivity contribution is 7.91. The van der Waals surface area contributed by atoms with Crippen molar-refractivity contribution in [3.8, 4) is 0 Å². The molecule has 0 radical (unpaired) electrons. The molecule has 2 aliphatic heterocycles. The number of carbonyl (C=O) groups is 2. The van der Waals surface area contributed by atoms with Gasteiger partial charge in [-0.05, 0) is 31.2 Å². The number of hydrogen-bond acceptors (Lipinski definition) is 5. The highest BCUT2D eigenvalue weighted by Gasteiger charge is 2.36. The first-order chi connectivity index (χ1) is 15.4. The smallest absolute Gasteiger partial charge is 0.244 e. The van der Waals surface area contributed by atoms with Gasteiger partial charge in [0.05, 0.1) is 11.5 Å². The molecule has 2 heterocycles. The third kappa shape index (κ3) is 5.70. The van der Waals surface area contributed by atoms with Crippen LogP contribution in [0.1, 0.15) is 56.6 Å². The van der Waals surface area contributed by atoms with Crippen molar-refractivity contribution in [2.75, 3.05) is 37.7 Å². The Labute approximate surface area is 191 Å². The van der Waals surface area contributed by atoms with Crippen LogP contribution >= 0.6 is 0 Å². The lowest BCUT2D eigenvalue weighted by atomic mass is 9.88. The van der Waals surface area contributed by atoms with Crippen LogP contribution in [0.15, 0.2) is 30.3 Å². The summed E-state index contributed by atoms with van der Waals surface area (Å²) in [4.78, 5) is 30.1. The van der Waals surface area contributed by atoms with Gasteiger partial charge in [0, 0.05) is 38.1 Å². The SMILES string of the molecule is O=C(NC1CCN(C(=O)C(c2ccccc2)N2CCS(=O)(=O)CC2)CC1)C1CCCCC1. The summed E-state index contributed by atoms with van der Waals surface area (Å²) in [6.45, 7) is 1.98. The third-order valence-electron chi connectivity index (χ3n) is 7.22. The molecule has 32 heavy (non-hydrogen) atoms. The first-order valence-corrected chi connectivity index (χ1v) is 13.8. The van der Waals surface area contributed by atoms with E-state index in [1.54, 1.807) is 0 Å². The molecule has 1 saturated carbocycles. The van der Waals surface area contributed by atoms with Gasteiger partial charge in [0.2, 0.25) is 11.8 Å². The highest BCUT2D eigenvalue weighted by atomic mass is 32.2. The molecule has 1 aromatic carbocycles.